The van der Waals surface area contributed by atoms with Crippen LogP contribution in [0.15, 0.2) is 91.0 Å². The molecule has 4 rings (SSSR count). The van der Waals surface area contributed by atoms with Crippen LogP contribution < -0.4 is 10.4 Å². The van der Waals surface area contributed by atoms with Crippen molar-refractivity contribution in [1.82, 2.24) is 4.98 Å². The van der Waals surface area contributed by atoms with Gasteiger partial charge in [-0.2, -0.15) is 0 Å². The molecule has 1 heterocycles. The molecule has 0 radical (unpaired) electrons. The van der Waals surface area contributed by atoms with Crippen LogP contribution >= 0.6 is 8.03 Å². The van der Waals surface area contributed by atoms with Crippen molar-refractivity contribution in [3.8, 4) is 23.0 Å². The number of aromatic nitrogens is 1. The van der Waals surface area contributed by atoms with Gasteiger partial charge >= 0.3 is 14.0 Å². The van der Waals surface area contributed by atoms with E-state index in [1.54, 1.807) is 12.1 Å². The summed E-state index contributed by atoms with van der Waals surface area (Å²) in [5.41, 5.74) is 4.12. The molecule has 4 aromatic rings. The van der Waals surface area contributed by atoms with Gasteiger partial charge in [-0.05, 0) is 55.6 Å². The van der Waals surface area contributed by atoms with Crippen molar-refractivity contribution in [2.75, 3.05) is 12.8 Å². The molecule has 49 heavy (non-hydrogen) atoms. The van der Waals surface area contributed by atoms with E-state index in [9.17, 15) is 18.9 Å². The summed E-state index contributed by atoms with van der Waals surface area (Å²) in [5, 5.41) is 11.5. The minimum Gasteiger partial charge on any atom is -0.481 e. The van der Waals surface area contributed by atoms with Crippen molar-refractivity contribution in [2.45, 2.75) is 77.9 Å². The van der Waals surface area contributed by atoms with Gasteiger partial charge in [-0.25, -0.2) is 4.39 Å². The zero-order valence-electron chi connectivity index (χ0n) is 29.4. The zero-order valence-corrected chi connectivity index (χ0v) is 31.3. The Morgan fingerprint density at radius 3 is 1.98 bits per heavy atom. The number of halogens is 1. The Morgan fingerprint density at radius 2 is 1.49 bits per heavy atom. The Kier molecular flexibility index (Phi) is 12.8. The Labute approximate surface area is 292 Å². The third-order valence-corrected chi connectivity index (χ3v) is 14.6. The smallest absolute Gasteiger partial charge is 0.481 e. The fourth-order valence-electron chi connectivity index (χ4n) is 6.01. The molecule has 256 valence electrons. The zero-order chi connectivity index (χ0) is 35.8. The molecule has 0 spiro atoms. The van der Waals surface area contributed by atoms with Crippen LogP contribution in [-0.2, 0) is 18.3 Å². The van der Waals surface area contributed by atoms with Crippen molar-refractivity contribution in [3.05, 3.63) is 114 Å². The summed E-state index contributed by atoms with van der Waals surface area (Å²) in [5.74, 6) is 5.10. The summed E-state index contributed by atoms with van der Waals surface area (Å²) in [6, 6.07) is 28.1. The van der Waals surface area contributed by atoms with E-state index in [0.717, 1.165) is 32.9 Å². The maximum absolute atomic E-state index is 13.8. The highest BCUT2D eigenvalue weighted by Gasteiger charge is 2.52. The van der Waals surface area contributed by atoms with Gasteiger partial charge in [-0.15, -0.1) is 4.52 Å². The highest BCUT2D eigenvalue weighted by Crippen LogP contribution is 2.39. The second-order valence-corrected chi connectivity index (χ2v) is 19.3. The number of nitrogens with zero attached hydrogens (tertiary/aromatic N) is 1. The van der Waals surface area contributed by atoms with E-state index in [1.165, 1.54) is 12.1 Å². The summed E-state index contributed by atoms with van der Waals surface area (Å²) in [6.07, 6.45) is -1.30. The van der Waals surface area contributed by atoms with Gasteiger partial charge in [-0.1, -0.05) is 133 Å². The molecule has 2 atom stereocenters. The van der Waals surface area contributed by atoms with Crippen LogP contribution in [0.3, 0.4) is 0 Å². The summed E-state index contributed by atoms with van der Waals surface area (Å²) < 4.78 is 39.9. The fourth-order valence-corrected chi connectivity index (χ4v) is 11.7. The van der Waals surface area contributed by atoms with Gasteiger partial charge in [0.1, 0.15) is 11.9 Å². The molecule has 0 aliphatic carbocycles. The first-order chi connectivity index (χ1) is 23.2. The predicted octanol–water partition coefficient (Wildman–Crippen LogP) is 8.66. The number of carboxylic acids is 1. The average molecular weight is 699 g/mol. The van der Waals surface area contributed by atoms with Gasteiger partial charge < -0.3 is 9.53 Å². The molecule has 0 fully saturated rings. The van der Waals surface area contributed by atoms with E-state index >= 15 is 0 Å². The van der Waals surface area contributed by atoms with Crippen molar-refractivity contribution in [3.63, 3.8) is 0 Å². The van der Waals surface area contributed by atoms with Gasteiger partial charge in [0.15, 0.2) is 6.61 Å². The van der Waals surface area contributed by atoms with Gasteiger partial charge in [0, 0.05) is 11.3 Å². The summed E-state index contributed by atoms with van der Waals surface area (Å²) in [7, 11) is -5.43. The minimum atomic E-state index is -3.11. The molecule has 1 aromatic heterocycles. The molecule has 0 amide bonds. The van der Waals surface area contributed by atoms with E-state index in [0.29, 0.717) is 5.56 Å². The van der Waals surface area contributed by atoms with E-state index in [4.69, 9.17) is 13.9 Å². The lowest BCUT2D eigenvalue weighted by Gasteiger charge is -2.44. The van der Waals surface area contributed by atoms with E-state index < -0.39 is 28.4 Å². The predicted molar refractivity (Wildman–Crippen MR) is 198 cm³/mol. The molecule has 0 aliphatic heterocycles. The molecule has 0 bridgehead atoms. The third kappa shape index (κ3) is 9.38. The van der Waals surface area contributed by atoms with Crippen LogP contribution in [-0.4, -0.2) is 43.2 Å². The SMILES string of the molecule is CC(C)c1cc(-c2ccc(F)cc2)c(C#CCO[P+](=O)CC(CC(=O)O)O[Si](c2ccccc2)(c2ccccc2)C(C)(C)C)c(C(C)C)n1. The van der Waals surface area contributed by atoms with Gasteiger partial charge in [0.05, 0.1) is 17.7 Å². The van der Waals surface area contributed by atoms with Crippen LogP contribution in [0.1, 0.15) is 83.7 Å². The summed E-state index contributed by atoms with van der Waals surface area (Å²) >= 11 is 0. The molecule has 2 unspecified atom stereocenters. The van der Waals surface area contributed by atoms with E-state index in [-0.39, 0.29) is 41.9 Å². The lowest BCUT2D eigenvalue weighted by Crippen LogP contribution is -2.68. The lowest BCUT2D eigenvalue weighted by molar-refractivity contribution is -0.138. The number of carboxylic acid groups (broad SMARTS) is 1. The number of rotatable bonds is 13. The Balaban J connectivity index is 1.63. The van der Waals surface area contributed by atoms with Crippen LogP contribution in [0.4, 0.5) is 4.39 Å². The van der Waals surface area contributed by atoms with Gasteiger partial charge in [0.25, 0.3) is 8.32 Å². The third-order valence-electron chi connectivity index (χ3n) is 8.37. The van der Waals surface area contributed by atoms with E-state index in [2.05, 4.69) is 46.5 Å². The van der Waals surface area contributed by atoms with Crippen LogP contribution in [0, 0.1) is 17.7 Å². The molecule has 0 saturated carbocycles. The van der Waals surface area contributed by atoms with Crippen molar-refractivity contribution >= 4 is 32.7 Å². The number of aliphatic carboxylic acids is 1. The first kappa shape index (κ1) is 37.8. The van der Waals surface area contributed by atoms with Gasteiger partial charge in [-0.3, -0.25) is 9.78 Å². The van der Waals surface area contributed by atoms with Crippen molar-refractivity contribution in [2.24, 2.45) is 0 Å². The minimum absolute atomic E-state index is 0.0650. The second kappa shape index (κ2) is 16.6. The maximum atomic E-state index is 13.8. The summed E-state index contributed by atoms with van der Waals surface area (Å²) in [6.45, 7) is 14.4. The monoisotopic (exact) mass is 698 g/mol. The molecule has 9 heteroatoms. The van der Waals surface area contributed by atoms with Crippen molar-refractivity contribution in [1.29, 1.82) is 0 Å². The average Bonchev–Trinajstić information content (AvgIpc) is 3.05. The molecule has 1 N–H and O–H groups in total. The van der Waals surface area contributed by atoms with Crippen LogP contribution in [0.2, 0.25) is 5.04 Å². The topological polar surface area (TPSA) is 85.7 Å². The van der Waals surface area contributed by atoms with E-state index in [1.807, 2.05) is 80.6 Å². The van der Waals surface area contributed by atoms with Crippen molar-refractivity contribution < 1.29 is 27.8 Å². The fraction of sp³-hybridized carbons (Fsp3) is 0.350. The number of hydrogen-bond donors (Lipinski definition) is 1. The first-order valence-electron chi connectivity index (χ1n) is 16.6. The Bertz CT molecular complexity index is 1760. The second-order valence-electron chi connectivity index (χ2n) is 13.8. The summed E-state index contributed by atoms with van der Waals surface area (Å²) in [4.78, 5) is 17.0. The first-order valence-corrected chi connectivity index (χ1v) is 19.9. The quantitative estimate of drug-likeness (QED) is 0.0855. The Hall–Kier alpha value is -3.99. The molecule has 0 saturated heterocycles. The number of pyridine rings is 1. The number of benzene rings is 3. The molecular formula is C40H46FNO5PSi+. The molecule has 3 aromatic carbocycles. The van der Waals surface area contributed by atoms with Crippen LogP contribution in [0.25, 0.3) is 11.1 Å². The maximum Gasteiger partial charge on any atom is 0.511 e. The highest BCUT2D eigenvalue weighted by atomic mass is 31.1. The Morgan fingerprint density at radius 1 is 0.918 bits per heavy atom. The number of hydrogen-bond acceptors (Lipinski definition) is 5. The lowest BCUT2D eigenvalue weighted by atomic mass is 9.92. The molecule has 0 aliphatic rings. The normalized spacial score (nSPS) is 12.8. The largest absolute Gasteiger partial charge is 0.511 e. The molecule has 6 nitrogen and oxygen atoms in total. The molecular weight excluding hydrogens is 652 g/mol. The standard InChI is InChI=1S/C40H45FNO5PSi/c1-28(2)37-26-36(30-20-22-31(41)23-21-30)35(39(42-37)29(3)4)19-14-24-46-48(45)27-32(25-38(43)44)47-49(40(5,6)7,33-15-10-8-11-16-33)34-17-12-9-13-18-34/h8-13,15-18,20-23,26,28-29,32H,24-25,27H2,1-7H3/p+1. The van der Waals surface area contributed by atoms with Crippen LogP contribution in [0.5, 0.6) is 0 Å². The highest BCUT2D eigenvalue weighted by molar-refractivity contribution is 7.39. The van der Waals surface area contributed by atoms with Gasteiger partial charge in [0.2, 0.25) is 6.16 Å². The number of carbonyl (C=O) groups is 1.